The Labute approximate surface area is 396 Å². The Morgan fingerprint density at radius 3 is 2.10 bits per heavy atom. The van der Waals surface area contributed by atoms with Crippen LogP contribution in [0, 0.1) is 29.6 Å². The van der Waals surface area contributed by atoms with E-state index in [2.05, 4.69) is 21.3 Å². The summed E-state index contributed by atoms with van der Waals surface area (Å²) in [5, 5.41) is 22.9. The number of amides is 5. The molecule has 11 atom stereocenters. The van der Waals surface area contributed by atoms with E-state index < -0.39 is 126 Å². The first-order chi connectivity index (χ1) is 31.4. The van der Waals surface area contributed by atoms with Crippen molar-refractivity contribution in [3.05, 3.63) is 29.8 Å². The largest absolute Gasteiger partial charge is 0.497 e. The van der Waals surface area contributed by atoms with Crippen molar-refractivity contribution in [3.63, 3.8) is 0 Å². The second kappa shape index (κ2) is 25.9. The predicted molar refractivity (Wildman–Crippen MR) is 250 cm³/mol. The number of Topliss-reactive ketones (excluding diaryl/α,β-unsaturated/α-hetero) is 1. The molecule has 2 aliphatic rings. The van der Waals surface area contributed by atoms with Crippen LogP contribution in [-0.4, -0.2) is 144 Å². The molecule has 0 aliphatic carbocycles. The maximum absolute atomic E-state index is 14.7. The van der Waals surface area contributed by atoms with Crippen LogP contribution in [0.1, 0.15) is 113 Å². The number of hydrogen-bond donors (Lipinski definition) is 5. The van der Waals surface area contributed by atoms with Crippen molar-refractivity contribution in [1.82, 2.24) is 31.1 Å². The molecule has 376 valence electrons. The van der Waals surface area contributed by atoms with Gasteiger partial charge in [0.05, 0.1) is 37.6 Å². The van der Waals surface area contributed by atoms with Crippen molar-refractivity contribution < 1.29 is 57.7 Å². The summed E-state index contributed by atoms with van der Waals surface area (Å²) in [5.74, 6) is -7.71. The number of carbonyl (C=O) groups is 8. The van der Waals surface area contributed by atoms with Crippen molar-refractivity contribution in [2.75, 3.05) is 27.7 Å². The summed E-state index contributed by atoms with van der Waals surface area (Å²) in [7, 11) is 4.56. The Kier molecular flexibility index (Phi) is 21.7. The first kappa shape index (κ1) is 56.2. The summed E-state index contributed by atoms with van der Waals surface area (Å²) < 4.78 is 17.1. The molecule has 2 aliphatic heterocycles. The highest BCUT2D eigenvalue weighted by Crippen LogP contribution is 2.26. The molecule has 5 amide bonds. The van der Waals surface area contributed by atoms with Crippen LogP contribution in [0.2, 0.25) is 0 Å². The predicted octanol–water partition coefficient (Wildman–Crippen LogP) is 2.71. The highest BCUT2D eigenvalue weighted by molar-refractivity contribution is 6.05. The number of carbonyl (C=O) groups excluding carboxylic acids is 8. The minimum Gasteiger partial charge on any atom is -0.497 e. The van der Waals surface area contributed by atoms with Crippen molar-refractivity contribution in [3.8, 4) is 5.75 Å². The number of aliphatic hydroxyl groups excluding tert-OH is 1. The van der Waals surface area contributed by atoms with Gasteiger partial charge in [-0.3, -0.25) is 33.6 Å². The lowest BCUT2D eigenvalue weighted by molar-refractivity contribution is -0.163. The highest BCUT2D eigenvalue weighted by Gasteiger charge is 2.44. The van der Waals surface area contributed by atoms with Gasteiger partial charge in [-0.2, -0.15) is 0 Å². The molecular weight excluding hydrogens is 865 g/mol. The molecule has 67 heavy (non-hydrogen) atoms. The maximum Gasteiger partial charge on any atom is 0.329 e. The standard InChI is InChI=1S/C49H78N6O12/c1-14-29(8)40-38(56)25-39(57)67-43(28(6)7)42(58)30(9)44(59)51-35(23-27(4)5)47(62)55-21-15-16-36(55)48(63)54(12)37(24-32-17-19-33(65-13)20-18-32)49(64)66-31(10)41(46(61)52-40)53-45(60)34(50-11)22-26(2)3/h17-20,26-31,34-38,40-41,43,50,56H,14-16,21-25H2,1-13H3,(H,51,59)(H,52,61)(H,53,60)/t29-,30-,31?,34+,35?,36-,37?,38-,40?,41?,43?/m0/s1. The highest BCUT2D eigenvalue weighted by atomic mass is 16.6. The number of esters is 2. The zero-order valence-corrected chi connectivity index (χ0v) is 41.9. The fourth-order valence-corrected chi connectivity index (χ4v) is 8.55. The van der Waals surface area contributed by atoms with Crippen LogP contribution in [0.5, 0.6) is 5.75 Å². The fourth-order valence-electron chi connectivity index (χ4n) is 8.55. The number of aliphatic hydroxyl groups is 1. The Morgan fingerprint density at radius 1 is 0.910 bits per heavy atom. The number of ketones is 1. The van der Waals surface area contributed by atoms with Gasteiger partial charge >= 0.3 is 11.9 Å². The number of hydrogen-bond acceptors (Lipinski definition) is 13. The topological polar surface area (TPSA) is 239 Å². The Morgan fingerprint density at radius 2 is 1.55 bits per heavy atom. The molecule has 2 heterocycles. The van der Waals surface area contributed by atoms with E-state index in [9.17, 15) is 43.5 Å². The number of likely N-dealkylation sites (N-methyl/N-ethyl adjacent to an activating group) is 2. The average Bonchev–Trinajstić information content (AvgIpc) is 3.77. The molecule has 18 heteroatoms. The third-order valence-corrected chi connectivity index (χ3v) is 12.9. The van der Waals surface area contributed by atoms with Crippen LogP contribution in [0.3, 0.4) is 0 Å². The van der Waals surface area contributed by atoms with Gasteiger partial charge in [0.15, 0.2) is 11.9 Å². The van der Waals surface area contributed by atoms with E-state index in [1.165, 1.54) is 37.8 Å². The molecule has 0 spiro atoms. The lowest BCUT2D eigenvalue weighted by Gasteiger charge is -2.35. The molecule has 0 bridgehead atoms. The second-order valence-corrected chi connectivity index (χ2v) is 19.5. The van der Waals surface area contributed by atoms with Gasteiger partial charge in [0.2, 0.25) is 29.5 Å². The van der Waals surface area contributed by atoms with E-state index in [1.807, 2.05) is 34.6 Å². The van der Waals surface area contributed by atoms with Gasteiger partial charge in [0.25, 0.3) is 0 Å². The van der Waals surface area contributed by atoms with Gasteiger partial charge < -0.3 is 50.4 Å². The third-order valence-electron chi connectivity index (χ3n) is 12.9. The van der Waals surface area contributed by atoms with Gasteiger partial charge in [-0.25, -0.2) is 4.79 Å². The van der Waals surface area contributed by atoms with Crippen molar-refractivity contribution in [1.29, 1.82) is 0 Å². The third kappa shape index (κ3) is 15.5. The summed E-state index contributed by atoms with van der Waals surface area (Å²) in [5.41, 5.74) is 0.631. The van der Waals surface area contributed by atoms with Gasteiger partial charge in [-0.15, -0.1) is 0 Å². The second-order valence-electron chi connectivity index (χ2n) is 19.5. The Balaban J connectivity index is 2.23. The molecule has 1 aromatic carbocycles. The van der Waals surface area contributed by atoms with Crippen LogP contribution < -0.4 is 26.0 Å². The van der Waals surface area contributed by atoms with E-state index >= 15 is 0 Å². The molecule has 3 rings (SSSR count). The average molecular weight is 943 g/mol. The van der Waals surface area contributed by atoms with Crippen LogP contribution in [-0.2, 0) is 54.3 Å². The summed E-state index contributed by atoms with van der Waals surface area (Å²) in [6.45, 7) is 17.4. The van der Waals surface area contributed by atoms with Gasteiger partial charge in [-0.05, 0) is 87.9 Å². The normalized spacial score (nSPS) is 27.8. The number of nitrogens with zero attached hydrogens (tertiary/aromatic N) is 2. The van der Waals surface area contributed by atoms with E-state index in [0.717, 1.165) is 0 Å². The lowest BCUT2D eigenvalue weighted by atomic mass is 9.91. The number of ether oxygens (including phenoxy) is 3. The van der Waals surface area contributed by atoms with Crippen LogP contribution >= 0.6 is 0 Å². The first-order valence-corrected chi connectivity index (χ1v) is 23.9. The van der Waals surface area contributed by atoms with Crippen LogP contribution in [0.25, 0.3) is 0 Å². The summed E-state index contributed by atoms with van der Waals surface area (Å²) >= 11 is 0. The number of rotatable bonds is 13. The number of cyclic esters (lactones) is 2. The van der Waals surface area contributed by atoms with E-state index in [4.69, 9.17) is 14.2 Å². The van der Waals surface area contributed by atoms with Crippen molar-refractivity contribution >= 4 is 47.3 Å². The summed E-state index contributed by atoms with van der Waals surface area (Å²) in [4.78, 5) is 116. The number of fused-ring (bicyclic) bond motifs is 1. The van der Waals surface area contributed by atoms with Gasteiger partial charge in [-0.1, -0.05) is 73.9 Å². The maximum atomic E-state index is 14.7. The molecule has 0 radical (unpaired) electrons. The minimum atomic E-state index is -1.55. The Bertz CT molecular complexity index is 1870. The van der Waals surface area contributed by atoms with E-state index in [1.54, 1.807) is 52.1 Å². The molecule has 6 unspecified atom stereocenters. The SMILES string of the molecule is CC[C@H](C)C1NC(=O)C(NC(=O)[C@@H](CC(C)C)NC)C(C)OC(=O)C(Cc2ccc(OC)cc2)N(C)C(=O)[C@@H]2CCCN2C(=O)C(CC(C)C)NC(=O)[C@@H](C)C(=O)C(C(C)C)OC(=O)C[C@@H]1O. The molecule has 5 N–H and O–H groups in total. The number of methoxy groups -OCH3 is 1. The van der Waals surface area contributed by atoms with Crippen LogP contribution in [0.4, 0.5) is 0 Å². The molecule has 0 saturated carbocycles. The van der Waals surface area contributed by atoms with E-state index in [-0.39, 0.29) is 37.6 Å². The molecule has 2 saturated heterocycles. The molecule has 1 aromatic rings. The minimum absolute atomic E-state index is 0.0500. The molecule has 2 fully saturated rings. The number of benzene rings is 1. The monoisotopic (exact) mass is 943 g/mol. The molecule has 18 nitrogen and oxygen atoms in total. The smallest absolute Gasteiger partial charge is 0.329 e. The van der Waals surface area contributed by atoms with Crippen molar-refractivity contribution in [2.24, 2.45) is 29.6 Å². The first-order valence-electron chi connectivity index (χ1n) is 23.9. The Hall–Kier alpha value is -5.10. The van der Waals surface area contributed by atoms with Crippen molar-refractivity contribution in [2.45, 2.75) is 169 Å². The van der Waals surface area contributed by atoms with Crippen LogP contribution in [0.15, 0.2) is 24.3 Å². The summed E-state index contributed by atoms with van der Waals surface area (Å²) in [6, 6.07) is 0.0322. The van der Waals surface area contributed by atoms with Gasteiger partial charge in [0.1, 0.15) is 36.0 Å². The zero-order valence-electron chi connectivity index (χ0n) is 41.9. The zero-order chi connectivity index (χ0) is 50.4. The molecular formula is C49H78N6O12. The fraction of sp³-hybridized carbons (Fsp3) is 0.714. The quantitative estimate of drug-likeness (QED) is 0.142. The molecule has 0 aromatic heterocycles. The number of nitrogens with one attached hydrogen (secondary N) is 4. The van der Waals surface area contributed by atoms with E-state index in [0.29, 0.717) is 30.6 Å². The lowest BCUT2D eigenvalue weighted by Crippen LogP contribution is -2.61. The van der Waals surface area contributed by atoms with Gasteiger partial charge in [0, 0.05) is 20.0 Å². The summed E-state index contributed by atoms with van der Waals surface area (Å²) in [6.07, 6.45) is -3.30.